The maximum atomic E-state index is 16.1. The number of benzene rings is 1. The molecule has 0 saturated carbocycles. The molecular weight excluding hydrogens is 411 g/mol. The highest BCUT2D eigenvalue weighted by Crippen LogP contribution is 2.49. The molecule has 0 unspecified atom stereocenters. The van der Waals surface area contributed by atoms with Crippen molar-refractivity contribution in [1.82, 2.24) is 9.55 Å². The third kappa shape index (κ3) is 3.90. The number of hydrogen-bond donors (Lipinski definition) is 1. The fourth-order valence-corrected chi connectivity index (χ4v) is 3.54. The van der Waals surface area contributed by atoms with Crippen LogP contribution in [0.25, 0.3) is 0 Å². The van der Waals surface area contributed by atoms with Gasteiger partial charge in [0.2, 0.25) is 0 Å². The lowest BCUT2D eigenvalue weighted by molar-refractivity contribution is -0.175. The molecule has 31 heavy (non-hydrogen) atoms. The van der Waals surface area contributed by atoms with Gasteiger partial charge in [0.05, 0.1) is 5.56 Å². The number of rotatable bonds is 5. The lowest BCUT2D eigenvalue weighted by Gasteiger charge is -2.36. The average molecular weight is 434 g/mol. The van der Waals surface area contributed by atoms with E-state index >= 15 is 4.39 Å². The van der Waals surface area contributed by atoms with E-state index in [1.165, 1.54) is 32.2 Å². The van der Waals surface area contributed by atoms with Gasteiger partial charge in [0, 0.05) is 18.7 Å². The molecule has 4 atom stereocenters. The molecule has 1 N–H and O–H groups in total. The van der Waals surface area contributed by atoms with Crippen molar-refractivity contribution in [2.75, 3.05) is 6.61 Å². The van der Waals surface area contributed by atoms with E-state index in [0.717, 1.165) is 13.8 Å². The van der Waals surface area contributed by atoms with E-state index < -0.39 is 53.4 Å². The highest BCUT2D eigenvalue weighted by atomic mass is 19.1. The zero-order chi connectivity index (χ0) is 23.0. The van der Waals surface area contributed by atoms with Crippen molar-refractivity contribution in [3.05, 3.63) is 68.5 Å². The van der Waals surface area contributed by atoms with Gasteiger partial charge >= 0.3 is 17.6 Å². The van der Waals surface area contributed by atoms with Crippen LogP contribution < -0.4 is 11.2 Å². The number of nitrogens with zero attached hydrogens (tertiary/aromatic N) is 1. The SMILES string of the molecule is CC(=O)O[C@@]1(C)[C@@H](COC(=O)c2ccccc2)O[C@@H](n2c(=O)[nH]cc(C)c2=O)[C@]1(C)F. The number of ether oxygens (including phenoxy) is 3. The zero-order valence-corrected chi connectivity index (χ0v) is 17.5. The van der Waals surface area contributed by atoms with Gasteiger partial charge in [-0.2, -0.15) is 0 Å². The standard InChI is InChI=1S/C21H23FN2O7/c1-12-10-23-19(28)24(16(12)26)18-20(3,22)21(4,31-13(2)25)15(30-18)11-29-17(27)14-8-6-5-7-9-14/h5-10,15,18H,11H2,1-4H3,(H,23,28)/t15-,18-,20+,21+/m1/s1. The monoisotopic (exact) mass is 434 g/mol. The first-order valence-electron chi connectivity index (χ1n) is 9.56. The van der Waals surface area contributed by atoms with Crippen LogP contribution in [0.1, 0.15) is 42.9 Å². The number of H-pyrrole nitrogens is 1. The minimum absolute atomic E-state index is 0.159. The Hall–Kier alpha value is -3.27. The maximum absolute atomic E-state index is 16.1. The van der Waals surface area contributed by atoms with Crippen molar-refractivity contribution in [3.8, 4) is 0 Å². The minimum atomic E-state index is -2.52. The summed E-state index contributed by atoms with van der Waals surface area (Å²) < 4.78 is 32.9. The summed E-state index contributed by atoms with van der Waals surface area (Å²) in [6.45, 7) is 4.39. The smallest absolute Gasteiger partial charge is 0.338 e. The Bertz CT molecular complexity index is 1110. The van der Waals surface area contributed by atoms with Gasteiger partial charge in [0.15, 0.2) is 17.5 Å². The zero-order valence-electron chi connectivity index (χ0n) is 17.5. The maximum Gasteiger partial charge on any atom is 0.338 e. The van der Waals surface area contributed by atoms with Gasteiger partial charge < -0.3 is 19.2 Å². The summed E-state index contributed by atoms with van der Waals surface area (Å²) in [5.41, 5.74) is -5.71. The van der Waals surface area contributed by atoms with Crippen molar-refractivity contribution in [3.63, 3.8) is 0 Å². The highest BCUT2D eigenvalue weighted by Gasteiger charge is 2.67. The lowest BCUT2D eigenvalue weighted by Crippen LogP contribution is -2.56. The van der Waals surface area contributed by atoms with E-state index in [1.54, 1.807) is 18.2 Å². The molecular formula is C21H23FN2O7. The van der Waals surface area contributed by atoms with Crippen molar-refractivity contribution in [2.24, 2.45) is 0 Å². The van der Waals surface area contributed by atoms with Crippen LogP contribution in [0.2, 0.25) is 0 Å². The molecule has 0 bridgehead atoms. The van der Waals surface area contributed by atoms with Crippen LogP contribution in [0.15, 0.2) is 46.1 Å². The van der Waals surface area contributed by atoms with Crippen LogP contribution >= 0.6 is 0 Å². The fourth-order valence-electron chi connectivity index (χ4n) is 3.54. The number of aromatic nitrogens is 2. The van der Waals surface area contributed by atoms with Crippen molar-refractivity contribution < 1.29 is 28.2 Å². The van der Waals surface area contributed by atoms with Gasteiger partial charge in [-0.3, -0.25) is 9.59 Å². The van der Waals surface area contributed by atoms with Crippen LogP contribution in [0.3, 0.4) is 0 Å². The summed E-state index contributed by atoms with van der Waals surface area (Å²) in [5.74, 6) is -1.50. The normalized spacial score (nSPS) is 27.6. The Kier molecular flexibility index (Phi) is 5.86. The largest absolute Gasteiger partial charge is 0.459 e. The summed E-state index contributed by atoms with van der Waals surface area (Å²) >= 11 is 0. The Morgan fingerprint density at radius 1 is 1.23 bits per heavy atom. The van der Waals surface area contributed by atoms with Crippen molar-refractivity contribution >= 4 is 11.9 Å². The van der Waals surface area contributed by atoms with Gasteiger partial charge in [-0.15, -0.1) is 0 Å². The molecule has 1 aliphatic heterocycles. The molecule has 2 aromatic rings. The number of alkyl halides is 1. The van der Waals surface area contributed by atoms with E-state index in [9.17, 15) is 19.2 Å². The number of carbonyl (C=O) groups is 2. The minimum Gasteiger partial charge on any atom is -0.459 e. The third-order valence-electron chi connectivity index (χ3n) is 5.49. The number of aryl methyl sites for hydroxylation is 1. The number of hydrogen-bond acceptors (Lipinski definition) is 7. The van der Waals surface area contributed by atoms with E-state index in [-0.39, 0.29) is 11.1 Å². The summed E-state index contributed by atoms with van der Waals surface area (Å²) in [7, 11) is 0. The molecule has 1 aromatic heterocycles. The van der Waals surface area contributed by atoms with E-state index in [1.807, 2.05) is 0 Å². The Balaban J connectivity index is 1.98. The molecule has 9 nitrogen and oxygen atoms in total. The quantitative estimate of drug-likeness (QED) is 0.711. The molecule has 0 radical (unpaired) electrons. The summed E-state index contributed by atoms with van der Waals surface area (Å²) in [6.07, 6.45) is -1.82. The van der Waals surface area contributed by atoms with Gasteiger partial charge in [0.25, 0.3) is 5.56 Å². The molecule has 1 fully saturated rings. The van der Waals surface area contributed by atoms with Gasteiger partial charge in [-0.25, -0.2) is 18.5 Å². The first kappa shape index (κ1) is 22.4. The van der Waals surface area contributed by atoms with E-state index in [2.05, 4.69) is 4.98 Å². The van der Waals surface area contributed by atoms with Crippen LogP contribution in [-0.2, 0) is 19.0 Å². The van der Waals surface area contributed by atoms with Crippen molar-refractivity contribution in [1.29, 1.82) is 0 Å². The summed E-state index contributed by atoms with van der Waals surface area (Å²) in [4.78, 5) is 51.3. The van der Waals surface area contributed by atoms with Crippen LogP contribution in [0, 0.1) is 6.92 Å². The van der Waals surface area contributed by atoms with Gasteiger partial charge in [-0.1, -0.05) is 18.2 Å². The van der Waals surface area contributed by atoms with E-state index in [0.29, 0.717) is 4.57 Å². The Labute approximate surface area is 176 Å². The predicted molar refractivity (Wildman–Crippen MR) is 106 cm³/mol. The molecule has 1 saturated heterocycles. The van der Waals surface area contributed by atoms with Crippen molar-refractivity contribution in [2.45, 2.75) is 51.3 Å². The van der Waals surface area contributed by atoms with Gasteiger partial charge in [0.1, 0.15) is 12.7 Å². The first-order valence-corrected chi connectivity index (χ1v) is 9.56. The summed E-state index contributed by atoms with van der Waals surface area (Å²) in [5, 5.41) is 0. The number of carbonyl (C=O) groups excluding carboxylic acids is 2. The number of esters is 2. The molecule has 3 rings (SSSR count). The number of nitrogens with one attached hydrogen (secondary N) is 1. The molecule has 0 aliphatic carbocycles. The topological polar surface area (TPSA) is 117 Å². The number of halogens is 1. The van der Waals surface area contributed by atoms with Crippen LogP contribution in [-0.4, -0.2) is 45.5 Å². The lowest BCUT2D eigenvalue weighted by atomic mass is 9.84. The Morgan fingerprint density at radius 3 is 2.48 bits per heavy atom. The second-order valence-electron chi connectivity index (χ2n) is 7.67. The molecule has 2 heterocycles. The molecule has 0 amide bonds. The molecule has 0 spiro atoms. The average Bonchev–Trinajstić information content (AvgIpc) is 2.89. The predicted octanol–water partition coefficient (Wildman–Crippen LogP) is 1.65. The molecule has 1 aromatic carbocycles. The molecule has 10 heteroatoms. The molecule has 1 aliphatic rings. The summed E-state index contributed by atoms with van der Waals surface area (Å²) in [6, 6.07) is 8.10. The highest BCUT2D eigenvalue weighted by molar-refractivity contribution is 5.89. The third-order valence-corrected chi connectivity index (χ3v) is 5.49. The van der Waals surface area contributed by atoms with E-state index in [4.69, 9.17) is 14.2 Å². The molecule has 166 valence electrons. The number of aromatic amines is 1. The Morgan fingerprint density at radius 2 is 1.87 bits per heavy atom. The second-order valence-corrected chi connectivity index (χ2v) is 7.67. The van der Waals surface area contributed by atoms with Crippen LogP contribution in [0.5, 0.6) is 0 Å². The van der Waals surface area contributed by atoms with Crippen LogP contribution in [0.4, 0.5) is 4.39 Å². The van der Waals surface area contributed by atoms with Gasteiger partial charge in [-0.05, 0) is 32.9 Å². The fraction of sp³-hybridized carbons (Fsp3) is 0.429. The first-order chi connectivity index (χ1) is 14.5. The second kappa shape index (κ2) is 8.10.